The number of hydrogen-bond acceptors (Lipinski definition) is 2. The molecule has 0 aliphatic rings. The van der Waals surface area contributed by atoms with Crippen molar-refractivity contribution < 1.29 is 4.79 Å². The molecule has 0 fully saturated rings. The van der Waals surface area contributed by atoms with Crippen molar-refractivity contribution in [3.05, 3.63) is 29.3 Å². The number of carbonyl (C=O) groups is 1. The van der Waals surface area contributed by atoms with Gasteiger partial charge in [-0.05, 0) is 38.3 Å². The van der Waals surface area contributed by atoms with E-state index in [0.717, 1.165) is 6.54 Å². The van der Waals surface area contributed by atoms with E-state index in [-0.39, 0.29) is 11.2 Å². The lowest BCUT2D eigenvalue weighted by atomic mass is 10.2. The monoisotopic (exact) mass is 265 g/mol. The fourth-order valence-electron chi connectivity index (χ4n) is 1.53. The van der Waals surface area contributed by atoms with Crippen molar-refractivity contribution in [2.75, 3.05) is 6.54 Å². The van der Waals surface area contributed by atoms with Gasteiger partial charge in [0, 0.05) is 11.4 Å². The molecule has 3 heteroatoms. The van der Waals surface area contributed by atoms with Crippen molar-refractivity contribution in [1.29, 1.82) is 0 Å². The van der Waals surface area contributed by atoms with Crippen LogP contribution in [0.25, 0.3) is 0 Å². The largest absolute Gasteiger partial charge is 0.355 e. The van der Waals surface area contributed by atoms with Gasteiger partial charge in [-0.1, -0.05) is 31.5 Å². The lowest BCUT2D eigenvalue weighted by Crippen LogP contribution is -2.33. The molecule has 1 amide bonds. The summed E-state index contributed by atoms with van der Waals surface area (Å²) in [6.07, 6.45) is 0. The van der Waals surface area contributed by atoms with Gasteiger partial charge in [0.05, 0.1) is 5.25 Å². The summed E-state index contributed by atoms with van der Waals surface area (Å²) in [7, 11) is 0. The second-order valence-corrected chi connectivity index (χ2v) is 6.55. The van der Waals surface area contributed by atoms with Crippen LogP contribution in [0.1, 0.15) is 31.9 Å². The lowest BCUT2D eigenvalue weighted by molar-refractivity contribution is -0.120. The second-order valence-electron chi connectivity index (χ2n) is 5.17. The molecule has 1 aromatic carbocycles. The number of hydrogen-bond donors (Lipinski definition) is 1. The van der Waals surface area contributed by atoms with E-state index in [1.165, 1.54) is 16.0 Å². The number of rotatable bonds is 5. The first-order valence-electron chi connectivity index (χ1n) is 6.41. The predicted molar refractivity (Wildman–Crippen MR) is 79.1 cm³/mol. The maximum absolute atomic E-state index is 11.9. The molecule has 100 valence electrons. The van der Waals surface area contributed by atoms with Crippen LogP contribution in [-0.4, -0.2) is 17.7 Å². The van der Waals surface area contributed by atoms with Gasteiger partial charge in [-0.25, -0.2) is 0 Å². The van der Waals surface area contributed by atoms with Crippen molar-refractivity contribution in [3.8, 4) is 0 Å². The summed E-state index contributed by atoms with van der Waals surface area (Å²) in [6, 6.07) is 6.35. The van der Waals surface area contributed by atoms with E-state index in [1.807, 2.05) is 6.92 Å². The van der Waals surface area contributed by atoms with Crippen LogP contribution in [0, 0.1) is 19.8 Å². The summed E-state index contributed by atoms with van der Waals surface area (Å²) in [4.78, 5) is 13.1. The van der Waals surface area contributed by atoms with E-state index in [2.05, 4.69) is 51.2 Å². The highest BCUT2D eigenvalue weighted by atomic mass is 32.2. The van der Waals surface area contributed by atoms with Crippen LogP contribution < -0.4 is 5.32 Å². The van der Waals surface area contributed by atoms with E-state index < -0.39 is 0 Å². The average molecular weight is 265 g/mol. The zero-order valence-corrected chi connectivity index (χ0v) is 12.7. The van der Waals surface area contributed by atoms with Crippen molar-refractivity contribution in [2.45, 2.75) is 44.8 Å². The van der Waals surface area contributed by atoms with Crippen molar-refractivity contribution in [1.82, 2.24) is 5.32 Å². The van der Waals surface area contributed by atoms with E-state index in [9.17, 15) is 4.79 Å². The Hall–Kier alpha value is -0.960. The van der Waals surface area contributed by atoms with Gasteiger partial charge in [-0.15, -0.1) is 11.8 Å². The summed E-state index contributed by atoms with van der Waals surface area (Å²) >= 11 is 1.63. The number of benzene rings is 1. The molecule has 1 unspecified atom stereocenters. The fourth-order valence-corrected chi connectivity index (χ4v) is 2.61. The second kappa shape index (κ2) is 6.83. The van der Waals surface area contributed by atoms with Crippen LogP contribution in [0.4, 0.5) is 0 Å². The van der Waals surface area contributed by atoms with Crippen molar-refractivity contribution >= 4 is 17.7 Å². The Morgan fingerprint density at radius 1 is 1.28 bits per heavy atom. The summed E-state index contributed by atoms with van der Waals surface area (Å²) in [5.41, 5.74) is 2.46. The van der Waals surface area contributed by atoms with Crippen LogP contribution in [0.2, 0.25) is 0 Å². The Labute approximate surface area is 115 Å². The predicted octanol–water partition coefficient (Wildman–Crippen LogP) is 3.56. The van der Waals surface area contributed by atoms with Gasteiger partial charge in [0.15, 0.2) is 0 Å². The molecule has 0 saturated carbocycles. The van der Waals surface area contributed by atoms with Crippen LogP contribution in [-0.2, 0) is 4.79 Å². The molecule has 1 atom stereocenters. The Balaban J connectivity index is 2.60. The van der Waals surface area contributed by atoms with Crippen molar-refractivity contribution in [2.24, 2.45) is 5.92 Å². The Kier molecular flexibility index (Phi) is 5.73. The van der Waals surface area contributed by atoms with Gasteiger partial charge in [0.1, 0.15) is 0 Å². The topological polar surface area (TPSA) is 29.1 Å². The van der Waals surface area contributed by atoms with Gasteiger partial charge in [0.2, 0.25) is 5.91 Å². The molecule has 0 saturated heterocycles. The summed E-state index contributed by atoms with van der Waals surface area (Å²) < 4.78 is 0. The van der Waals surface area contributed by atoms with Crippen LogP contribution in [0.15, 0.2) is 23.1 Å². The third-order valence-electron chi connectivity index (χ3n) is 2.70. The van der Waals surface area contributed by atoms with E-state index >= 15 is 0 Å². The van der Waals surface area contributed by atoms with Crippen LogP contribution >= 0.6 is 11.8 Å². The third-order valence-corrected chi connectivity index (χ3v) is 3.96. The molecule has 0 spiro atoms. The smallest absolute Gasteiger partial charge is 0.233 e. The standard InChI is InChI=1S/C15H23NOS/c1-10(2)9-16-15(17)13(5)18-14-8-11(3)6-7-12(14)4/h6-8,10,13H,9H2,1-5H3,(H,16,17). The number of thioether (sulfide) groups is 1. The zero-order chi connectivity index (χ0) is 13.7. The maximum Gasteiger partial charge on any atom is 0.233 e. The molecule has 2 nitrogen and oxygen atoms in total. The SMILES string of the molecule is Cc1ccc(C)c(SC(C)C(=O)NCC(C)C)c1. The molecule has 18 heavy (non-hydrogen) atoms. The number of aryl methyl sites for hydroxylation is 2. The lowest BCUT2D eigenvalue weighted by Gasteiger charge is -2.15. The highest BCUT2D eigenvalue weighted by Gasteiger charge is 2.15. The number of amides is 1. The minimum atomic E-state index is -0.0516. The first kappa shape index (κ1) is 15.1. The molecule has 1 aromatic rings. The zero-order valence-electron chi connectivity index (χ0n) is 11.9. The molecule has 1 rings (SSSR count). The molecule has 0 radical (unpaired) electrons. The summed E-state index contributed by atoms with van der Waals surface area (Å²) in [6.45, 7) is 11.1. The van der Waals surface area contributed by atoms with Crippen molar-refractivity contribution in [3.63, 3.8) is 0 Å². The number of carbonyl (C=O) groups excluding carboxylic acids is 1. The number of nitrogens with one attached hydrogen (secondary N) is 1. The minimum Gasteiger partial charge on any atom is -0.355 e. The maximum atomic E-state index is 11.9. The molecule has 1 N–H and O–H groups in total. The fraction of sp³-hybridized carbons (Fsp3) is 0.533. The Bertz CT molecular complexity index is 415. The van der Waals surface area contributed by atoms with Gasteiger partial charge in [-0.3, -0.25) is 4.79 Å². The van der Waals surface area contributed by atoms with E-state index in [0.29, 0.717) is 5.92 Å². The summed E-state index contributed by atoms with van der Waals surface area (Å²) in [5.74, 6) is 0.612. The third kappa shape index (κ3) is 4.73. The quantitative estimate of drug-likeness (QED) is 0.825. The summed E-state index contributed by atoms with van der Waals surface area (Å²) in [5, 5.41) is 2.92. The van der Waals surface area contributed by atoms with E-state index in [4.69, 9.17) is 0 Å². The molecule has 0 aliphatic carbocycles. The first-order chi connectivity index (χ1) is 8.40. The minimum absolute atomic E-state index is 0.0516. The highest BCUT2D eigenvalue weighted by molar-refractivity contribution is 8.00. The average Bonchev–Trinajstić information content (AvgIpc) is 2.30. The molecular weight excluding hydrogens is 242 g/mol. The van der Waals surface area contributed by atoms with Gasteiger partial charge in [0.25, 0.3) is 0 Å². The molecule has 0 bridgehead atoms. The van der Waals surface area contributed by atoms with Gasteiger partial charge >= 0.3 is 0 Å². The molecular formula is C15H23NOS. The molecule has 0 heterocycles. The van der Waals surface area contributed by atoms with E-state index in [1.54, 1.807) is 11.8 Å². The first-order valence-corrected chi connectivity index (χ1v) is 7.29. The molecule has 0 aliphatic heterocycles. The normalized spacial score (nSPS) is 12.6. The Morgan fingerprint density at radius 2 is 1.94 bits per heavy atom. The van der Waals surface area contributed by atoms with Crippen LogP contribution in [0.5, 0.6) is 0 Å². The van der Waals surface area contributed by atoms with Crippen LogP contribution in [0.3, 0.4) is 0 Å². The van der Waals surface area contributed by atoms with Gasteiger partial charge in [-0.2, -0.15) is 0 Å². The highest BCUT2D eigenvalue weighted by Crippen LogP contribution is 2.27. The van der Waals surface area contributed by atoms with Gasteiger partial charge < -0.3 is 5.32 Å². The molecule has 0 aromatic heterocycles. The Morgan fingerprint density at radius 3 is 2.56 bits per heavy atom.